The van der Waals surface area contributed by atoms with Crippen molar-refractivity contribution in [1.82, 2.24) is 0 Å². The predicted molar refractivity (Wildman–Crippen MR) is 89.0 cm³/mol. The van der Waals surface area contributed by atoms with Gasteiger partial charge in [-0.3, -0.25) is 4.79 Å². The van der Waals surface area contributed by atoms with Gasteiger partial charge in [0, 0.05) is 18.6 Å². The molecule has 5 nitrogen and oxygen atoms in total. The molecular formula is C18H28O5. The van der Waals surface area contributed by atoms with Crippen molar-refractivity contribution in [3.05, 3.63) is 23.8 Å². The number of ether oxygens (including phenoxy) is 2. The van der Waals surface area contributed by atoms with Crippen LogP contribution in [0.5, 0.6) is 11.5 Å². The first-order chi connectivity index (χ1) is 11.2. The number of aldehydes is 1. The van der Waals surface area contributed by atoms with Gasteiger partial charge in [-0.1, -0.05) is 32.1 Å². The van der Waals surface area contributed by atoms with E-state index in [1.54, 1.807) is 18.2 Å². The summed E-state index contributed by atoms with van der Waals surface area (Å²) in [7, 11) is 1.50. The molecule has 0 aromatic heterocycles. The minimum atomic E-state index is -0.875. The largest absolute Gasteiger partial charge is 0.493 e. The molecule has 1 unspecified atom stereocenters. The number of methoxy groups -OCH3 is 1. The lowest BCUT2D eigenvalue weighted by molar-refractivity contribution is -0.0261. The topological polar surface area (TPSA) is 76.0 Å². The summed E-state index contributed by atoms with van der Waals surface area (Å²) < 4.78 is 10.6. The molecule has 0 fully saturated rings. The minimum Gasteiger partial charge on any atom is -0.493 e. The Morgan fingerprint density at radius 3 is 2.30 bits per heavy atom. The summed E-state index contributed by atoms with van der Waals surface area (Å²) in [5, 5.41) is 18.6. The van der Waals surface area contributed by atoms with Crippen molar-refractivity contribution < 1.29 is 24.5 Å². The minimum absolute atomic E-state index is 0.279. The molecule has 1 rings (SSSR count). The fourth-order valence-electron chi connectivity index (χ4n) is 2.37. The van der Waals surface area contributed by atoms with Gasteiger partial charge in [0.15, 0.2) is 17.8 Å². The third kappa shape index (κ3) is 8.00. The van der Waals surface area contributed by atoms with Crippen LogP contribution in [0.25, 0.3) is 0 Å². The maximum absolute atomic E-state index is 10.7. The number of benzene rings is 1. The zero-order valence-corrected chi connectivity index (χ0v) is 13.9. The normalized spacial score (nSPS) is 12.0. The summed E-state index contributed by atoms with van der Waals surface area (Å²) in [4.78, 5) is 10.7. The summed E-state index contributed by atoms with van der Waals surface area (Å²) >= 11 is 0. The fraction of sp³-hybridized carbons (Fsp3) is 0.611. The molecule has 0 aliphatic rings. The molecule has 5 heteroatoms. The quantitative estimate of drug-likeness (QED) is 0.331. The molecule has 0 saturated carbocycles. The van der Waals surface area contributed by atoms with Crippen LogP contribution in [0.15, 0.2) is 18.2 Å². The fourth-order valence-corrected chi connectivity index (χ4v) is 2.37. The van der Waals surface area contributed by atoms with Gasteiger partial charge in [0.25, 0.3) is 0 Å². The van der Waals surface area contributed by atoms with Gasteiger partial charge >= 0.3 is 0 Å². The van der Waals surface area contributed by atoms with Gasteiger partial charge in [0.2, 0.25) is 0 Å². The Labute approximate surface area is 138 Å². The summed E-state index contributed by atoms with van der Waals surface area (Å²) in [6.45, 7) is 0.279. The predicted octanol–water partition coefficient (Wildman–Crippen LogP) is 3.32. The van der Waals surface area contributed by atoms with E-state index >= 15 is 0 Å². The Kier molecular flexibility index (Phi) is 10.1. The Hall–Kier alpha value is -1.59. The number of carbonyl (C=O) groups is 1. The van der Waals surface area contributed by atoms with Gasteiger partial charge in [-0.05, 0) is 31.0 Å². The van der Waals surface area contributed by atoms with Crippen molar-refractivity contribution in [1.29, 1.82) is 0 Å². The number of aliphatic hydroxyl groups is 2. The number of aliphatic hydroxyl groups excluding tert-OH is 2. The van der Waals surface area contributed by atoms with Crippen LogP contribution < -0.4 is 9.47 Å². The van der Waals surface area contributed by atoms with E-state index in [-0.39, 0.29) is 6.61 Å². The zero-order valence-electron chi connectivity index (χ0n) is 13.9. The third-order valence-corrected chi connectivity index (χ3v) is 3.70. The Bertz CT molecular complexity index is 447. The first kappa shape index (κ1) is 19.5. The van der Waals surface area contributed by atoms with Gasteiger partial charge in [0.1, 0.15) is 6.29 Å². The highest BCUT2D eigenvalue weighted by molar-refractivity contribution is 5.76. The second-order valence-corrected chi connectivity index (χ2v) is 5.59. The molecule has 0 aliphatic heterocycles. The second kappa shape index (κ2) is 11.9. The molecule has 0 radical (unpaired) electrons. The van der Waals surface area contributed by atoms with Crippen LogP contribution in [0.3, 0.4) is 0 Å². The van der Waals surface area contributed by atoms with Crippen LogP contribution in [0.2, 0.25) is 0 Å². The second-order valence-electron chi connectivity index (χ2n) is 5.59. The molecule has 1 aromatic carbocycles. The standard InChI is InChI=1S/C18H28O5/c1-22-17-13-15(14-20)10-11-16(17)23-18(21)9-7-5-3-2-4-6-8-12-19/h10-11,13-14,18-19,21H,2-9,12H2,1H3. The Balaban J connectivity index is 2.23. The average molecular weight is 324 g/mol. The van der Waals surface area contributed by atoms with Gasteiger partial charge in [-0.15, -0.1) is 0 Å². The molecule has 0 amide bonds. The first-order valence-corrected chi connectivity index (χ1v) is 8.30. The van der Waals surface area contributed by atoms with E-state index in [0.717, 1.165) is 51.2 Å². The highest BCUT2D eigenvalue weighted by Crippen LogP contribution is 2.28. The average Bonchev–Trinajstić information content (AvgIpc) is 2.57. The summed E-state index contributed by atoms with van der Waals surface area (Å²) in [5.41, 5.74) is 0.505. The molecule has 2 N–H and O–H groups in total. The number of carbonyl (C=O) groups excluding carboxylic acids is 1. The Morgan fingerprint density at radius 2 is 1.70 bits per heavy atom. The maximum Gasteiger partial charge on any atom is 0.197 e. The van der Waals surface area contributed by atoms with E-state index in [9.17, 15) is 9.90 Å². The molecule has 0 saturated heterocycles. The molecular weight excluding hydrogens is 296 g/mol. The lowest BCUT2D eigenvalue weighted by Crippen LogP contribution is -2.15. The SMILES string of the molecule is COc1cc(C=O)ccc1OC(O)CCCCCCCCCO. The monoisotopic (exact) mass is 324 g/mol. The smallest absolute Gasteiger partial charge is 0.197 e. The summed E-state index contributed by atoms with van der Waals surface area (Å²) in [6.07, 6.45) is 7.80. The number of rotatable bonds is 13. The van der Waals surface area contributed by atoms with E-state index in [1.807, 2.05) is 0 Å². The van der Waals surface area contributed by atoms with Gasteiger partial charge in [0.05, 0.1) is 7.11 Å². The lowest BCUT2D eigenvalue weighted by atomic mass is 10.1. The lowest BCUT2D eigenvalue weighted by Gasteiger charge is -2.16. The van der Waals surface area contributed by atoms with E-state index in [2.05, 4.69) is 0 Å². The van der Waals surface area contributed by atoms with Gasteiger partial charge in [-0.2, -0.15) is 0 Å². The summed E-state index contributed by atoms with van der Waals surface area (Å²) in [5.74, 6) is 0.882. The van der Waals surface area contributed by atoms with Crippen LogP contribution in [0.1, 0.15) is 61.7 Å². The van der Waals surface area contributed by atoms with Gasteiger partial charge < -0.3 is 19.7 Å². The van der Waals surface area contributed by atoms with E-state index < -0.39 is 6.29 Å². The molecule has 0 aliphatic carbocycles. The van der Waals surface area contributed by atoms with Crippen molar-refractivity contribution in [2.45, 2.75) is 57.7 Å². The van der Waals surface area contributed by atoms with Crippen molar-refractivity contribution >= 4 is 6.29 Å². The van der Waals surface area contributed by atoms with E-state index in [1.165, 1.54) is 7.11 Å². The van der Waals surface area contributed by atoms with Crippen LogP contribution in [0.4, 0.5) is 0 Å². The third-order valence-electron chi connectivity index (χ3n) is 3.70. The van der Waals surface area contributed by atoms with Crippen LogP contribution in [-0.2, 0) is 0 Å². The van der Waals surface area contributed by atoms with E-state index in [4.69, 9.17) is 14.6 Å². The molecule has 0 bridgehead atoms. The van der Waals surface area contributed by atoms with Gasteiger partial charge in [-0.25, -0.2) is 0 Å². The Morgan fingerprint density at radius 1 is 1.04 bits per heavy atom. The van der Waals surface area contributed by atoms with E-state index in [0.29, 0.717) is 23.5 Å². The summed E-state index contributed by atoms with van der Waals surface area (Å²) in [6, 6.07) is 4.85. The van der Waals surface area contributed by atoms with Crippen LogP contribution in [-0.4, -0.2) is 36.5 Å². The molecule has 0 spiro atoms. The number of hydrogen-bond acceptors (Lipinski definition) is 5. The number of unbranched alkanes of at least 4 members (excludes halogenated alkanes) is 6. The maximum atomic E-state index is 10.7. The molecule has 1 atom stereocenters. The van der Waals surface area contributed by atoms with Crippen molar-refractivity contribution in [3.8, 4) is 11.5 Å². The molecule has 0 heterocycles. The first-order valence-electron chi connectivity index (χ1n) is 8.30. The van der Waals surface area contributed by atoms with Crippen molar-refractivity contribution in [2.24, 2.45) is 0 Å². The molecule has 1 aromatic rings. The highest BCUT2D eigenvalue weighted by atomic mass is 16.6. The van der Waals surface area contributed by atoms with Crippen LogP contribution in [0, 0.1) is 0 Å². The van der Waals surface area contributed by atoms with Crippen molar-refractivity contribution in [3.63, 3.8) is 0 Å². The highest BCUT2D eigenvalue weighted by Gasteiger charge is 2.11. The van der Waals surface area contributed by atoms with Crippen molar-refractivity contribution in [2.75, 3.05) is 13.7 Å². The number of hydrogen-bond donors (Lipinski definition) is 2. The van der Waals surface area contributed by atoms with Crippen LogP contribution >= 0.6 is 0 Å². The molecule has 130 valence electrons. The zero-order chi connectivity index (χ0) is 16.9. The molecule has 23 heavy (non-hydrogen) atoms.